The van der Waals surface area contributed by atoms with Crippen LogP contribution >= 0.6 is 0 Å². The Labute approximate surface area is 157 Å². The first-order valence-electron chi connectivity index (χ1n) is 9.04. The molecule has 2 aliphatic heterocycles. The van der Waals surface area contributed by atoms with Gasteiger partial charge in [0.05, 0.1) is 11.5 Å². The van der Waals surface area contributed by atoms with Gasteiger partial charge in [-0.3, -0.25) is 10.1 Å². The van der Waals surface area contributed by atoms with Crippen LogP contribution in [-0.4, -0.2) is 28.9 Å². The molecule has 1 atom stereocenters. The van der Waals surface area contributed by atoms with Gasteiger partial charge >= 0.3 is 0 Å². The van der Waals surface area contributed by atoms with Crippen LogP contribution in [-0.2, 0) is 10.2 Å². The van der Waals surface area contributed by atoms with E-state index in [0.717, 1.165) is 18.7 Å². The third kappa shape index (κ3) is 2.51. The van der Waals surface area contributed by atoms with E-state index in [0.29, 0.717) is 12.2 Å². The number of hydrogen-bond donors (Lipinski definition) is 1. The number of ether oxygens (including phenoxy) is 1. The van der Waals surface area contributed by atoms with Crippen molar-refractivity contribution in [1.82, 2.24) is 0 Å². The number of nitro benzene ring substituents is 1. The zero-order chi connectivity index (χ0) is 19.2. The van der Waals surface area contributed by atoms with Crippen molar-refractivity contribution in [3.8, 4) is 5.75 Å². The van der Waals surface area contributed by atoms with Crippen molar-refractivity contribution in [3.63, 3.8) is 0 Å². The zero-order valence-corrected chi connectivity index (χ0v) is 15.4. The lowest BCUT2D eigenvalue weighted by Gasteiger charge is -2.48. The highest BCUT2D eigenvalue weighted by atomic mass is 16.6. The summed E-state index contributed by atoms with van der Waals surface area (Å²) >= 11 is 0. The topological polar surface area (TPSA) is 75.8 Å². The Morgan fingerprint density at radius 1 is 1.26 bits per heavy atom. The summed E-state index contributed by atoms with van der Waals surface area (Å²) in [4.78, 5) is 12.9. The predicted octanol–water partition coefficient (Wildman–Crippen LogP) is 4.23. The van der Waals surface area contributed by atoms with Gasteiger partial charge in [0.15, 0.2) is 5.72 Å². The number of benzene rings is 2. The number of para-hydroxylation sites is 1. The smallest absolute Gasteiger partial charge is 0.270 e. The van der Waals surface area contributed by atoms with Crippen molar-refractivity contribution in [3.05, 3.63) is 69.8 Å². The second kappa shape index (κ2) is 6.09. The second-order valence-electron chi connectivity index (χ2n) is 7.53. The van der Waals surface area contributed by atoms with E-state index in [1.54, 1.807) is 6.08 Å². The van der Waals surface area contributed by atoms with Gasteiger partial charge in [0.2, 0.25) is 0 Å². The van der Waals surface area contributed by atoms with Crippen molar-refractivity contribution in [2.24, 2.45) is 0 Å². The van der Waals surface area contributed by atoms with Crippen molar-refractivity contribution < 1.29 is 14.8 Å². The molecule has 6 nitrogen and oxygen atoms in total. The number of non-ortho nitro benzene ring substituents is 1. The van der Waals surface area contributed by atoms with Gasteiger partial charge < -0.3 is 14.7 Å². The highest BCUT2D eigenvalue weighted by molar-refractivity contribution is 5.70. The lowest BCUT2D eigenvalue weighted by Crippen LogP contribution is -2.59. The standard InChI is InChI=1S/C21H22N2O4/c1-20(2)17-6-3-4-7-18(17)22-12-5-13-27-21(20,22)11-10-15-14-16(23(25)26)8-9-19(15)24/h3-4,6-11,14,24H,5,12-13H2,1-2H3/b11-10+. The van der Waals surface area contributed by atoms with Crippen LogP contribution in [0.5, 0.6) is 5.75 Å². The maximum absolute atomic E-state index is 11.1. The van der Waals surface area contributed by atoms with E-state index in [1.165, 1.54) is 23.8 Å². The lowest BCUT2D eigenvalue weighted by molar-refractivity contribution is -0.384. The third-order valence-corrected chi connectivity index (χ3v) is 5.72. The van der Waals surface area contributed by atoms with Crippen molar-refractivity contribution >= 4 is 17.5 Å². The highest BCUT2D eigenvalue weighted by Crippen LogP contribution is 2.54. The molecule has 0 saturated carbocycles. The average Bonchev–Trinajstić information content (AvgIpc) is 2.86. The molecule has 0 bridgehead atoms. The van der Waals surface area contributed by atoms with Gasteiger partial charge in [0, 0.05) is 35.3 Å². The molecule has 2 aliphatic rings. The molecule has 0 radical (unpaired) electrons. The first-order valence-corrected chi connectivity index (χ1v) is 9.04. The fourth-order valence-electron chi connectivity index (χ4n) is 4.28. The molecular weight excluding hydrogens is 344 g/mol. The molecule has 1 unspecified atom stereocenters. The van der Waals surface area contributed by atoms with Crippen LogP contribution in [0.2, 0.25) is 0 Å². The molecule has 27 heavy (non-hydrogen) atoms. The fourth-order valence-corrected chi connectivity index (χ4v) is 4.28. The summed E-state index contributed by atoms with van der Waals surface area (Å²) in [5, 5.41) is 21.2. The Morgan fingerprint density at radius 2 is 2.04 bits per heavy atom. The maximum Gasteiger partial charge on any atom is 0.270 e. The molecule has 1 saturated heterocycles. The van der Waals surface area contributed by atoms with Crippen LogP contribution in [0.3, 0.4) is 0 Å². The number of anilines is 1. The summed E-state index contributed by atoms with van der Waals surface area (Å²) in [7, 11) is 0. The Morgan fingerprint density at radius 3 is 2.81 bits per heavy atom. The lowest BCUT2D eigenvalue weighted by atomic mass is 9.76. The molecule has 2 aromatic rings. The fraction of sp³-hybridized carbons (Fsp3) is 0.333. The summed E-state index contributed by atoms with van der Waals surface area (Å²) in [6.45, 7) is 5.80. The van der Waals surface area contributed by atoms with Crippen LogP contribution in [0.4, 0.5) is 11.4 Å². The van der Waals surface area contributed by atoms with E-state index in [1.807, 2.05) is 18.2 Å². The van der Waals surface area contributed by atoms with Gasteiger partial charge in [-0.05, 0) is 30.2 Å². The number of nitrogens with zero attached hydrogens (tertiary/aromatic N) is 2. The summed E-state index contributed by atoms with van der Waals surface area (Å²) in [5.41, 5.74) is 1.68. The van der Waals surface area contributed by atoms with Gasteiger partial charge in [0.25, 0.3) is 5.69 Å². The Hall–Kier alpha value is -2.86. The monoisotopic (exact) mass is 366 g/mol. The number of nitro groups is 1. The molecule has 0 aromatic heterocycles. The van der Waals surface area contributed by atoms with Crippen molar-refractivity contribution in [1.29, 1.82) is 0 Å². The molecule has 2 heterocycles. The molecule has 1 N–H and O–H groups in total. The van der Waals surface area contributed by atoms with Gasteiger partial charge in [-0.2, -0.15) is 0 Å². The van der Waals surface area contributed by atoms with E-state index >= 15 is 0 Å². The third-order valence-electron chi connectivity index (χ3n) is 5.72. The molecule has 4 rings (SSSR count). The van der Waals surface area contributed by atoms with Crippen molar-refractivity contribution in [2.45, 2.75) is 31.4 Å². The maximum atomic E-state index is 11.1. The molecule has 6 heteroatoms. The normalized spacial score (nSPS) is 23.3. The van der Waals surface area contributed by atoms with E-state index in [2.05, 4.69) is 30.9 Å². The predicted molar refractivity (Wildman–Crippen MR) is 104 cm³/mol. The van der Waals surface area contributed by atoms with Gasteiger partial charge in [0.1, 0.15) is 5.75 Å². The molecule has 2 aromatic carbocycles. The number of rotatable bonds is 3. The van der Waals surface area contributed by atoms with Crippen LogP contribution in [0.1, 0.15) is 31.4 Å². The average molecular weight is 366 g/mol. The van der Waals surface area contributed by atoms with E-state index in [9.17, 15) is 15.2 Å². The van der Waals surface area contributed by atoms with Gasteiger partial charge in [-0.15, -0.1) is 0 Å². The quantitative estimate of drug-likeness (QED) is 0.650. The van der Waals surface area contributed by atoms with Crippen LogP contribution in [0.15, 0.2) is 48.5 Å². The molecule has 0 aliphatic carbocycles. The summed E-state index contributed by atoms with van der Waals surface area (Å²) in [6, 6.07) is 12.3. The Balaban J connectivity index is 1.81. The zero-order valence-electron chi connectivity index (χ0n) is 15.4. The highest BCUT2D eigenvalue weighted by Gasteiger charge is 2.57. The summed E-state index contributed by atoms with van der Waals surface area (Å²) in [6.07, 6.45) is 4.60. The van der Waals surface area contributed by atoms with E-state index in [4.69, 9.17) is 4.74 Å². The number of hydrogen-bond acceptors (Lipinski definition) is 5. The van der Waals surface area contributed by atoms with Crippen LogP contribution in [0, 0.1) is 10.1 Å². The first kappa shape index (κ1) is 17.5. The van der Waals surface area contributed by atoms with Crippen LogP contribution in [0.25, 0.3) is 6.08 Å². The number of aromatic hydroxyl groups is 1. The van der Waals surface area contributed by atoms with Gasteiger partial charge in [-0.25, -0.2) is 0 Å². The van der Waals surface area contributed by atoms with Crippen molar-refractivity contribution in [2.75, 3.05) is 18.1 Å². The minimum absolute atomic E-state index is 0.00364. The first-order chi connectivity index (χ1) is 12.9. The van der Waals surface area contributed by atoms with E-state index < -0.39 is 10.6 Å². The molecule has 0 spiro atoms. The largest absolute Gasteiger partial charge is 0.507 e. The van der Waals surface area contributed by atoms with E-state index in [-0.39, 0.29) is 16.9 Å². The summed E-state index contributed by atoms with van der Waals surface area (Å²) < 4.78 is 6.35. The minimum atomic E-state index is -0.702. The SMILES string of the molecule is CC1(C)c2ccccc2N2CCCOC21/C=C/c1cc([N+](=O)[O-])ccc1O. The minimum Gasteiger partial charge on any atom is -0.507 e. The molecule has 0 amide bonds. The molecule has 140 valence electrons. The second-order valence-corrected chi connectivity index (χ2v) is 7.53. The number of phenolic OH excluding ortho intramolecular Hbond substituents is 1. The summed E-state index contributed by atoms with van der Waals surface area (Å²) in [5.74, 6) is 0.00364. The number of phenols is 1. The Kier molecular flexibility index (Phi) is 3.96. The van der Waals surface area contributed by atoms with Gasteiger partial charge in [-0.1, -0.05) is 38.1 Å². The van der Waals surface area contributed by atoms with Crippen LogP contribution < -0.4 is 4.90 Å². The molecular formula is C21H22N2O4. The Bertz CT molecular complexity index is 938. The molecule has 1 fully saturated rings. The number of fused-ring (bicyclic) bond motifs is 3.